The number of halogens is 4. The number of hydrogen-bond donors (Lipinski definition) is 2. The molecule has 1 aliphatic heterocycles. The minimum Gasteiger partial charge on any atom is -0.394 e. The Balaban J connectivity index is 2.03. The summed E-state index contributed by atoms with van der Waals surface area (Å²) < 4.78 is 51.4. The fourth-order valence-electron chi connectivity index (χ4n) is 2.47. The van der Waals surface area contributed by atoms with Gasteiger partial charge < -0.3 is 15.1 Å². The molecule has 0 spiro atoms. The van der Waals surface area contributed by atoms with Crippen molar-refractivity contribution in [1.82, 2.24) is 4.90 Å². The molecule has 2 N–H and O–H groups in total. The molecule has 124 valence electrons. The van der Waals surface area contributed by atoms with Crippen molar-refractivity contribution in [3.05, 3.63) is 29.6 Å². The third kappa shape index (κ3) is 4.08. The lowest BCUT2D eigenvalue weighted by Crippen LogP contribution is -2.49. The Bertz CT molecular complexity index is 502. The Morgan fingerprint density at radius 2 is 1.77 bits per heavy atom. The summed E-state index contributed by atoms with van der Waals surface area (Å²) in [5.74, 6) is -1.28. The van der Waals surface area contributed by atoms with Gasteiger partial charge in [0.1, 0.15) is 5.82 Å². The van der Waals surface area contributed by atoms with Gasteiger partial charge >= 0.3 is 6.18 Å². The summed E-state index contributed by atoms with van der Waals surface area (Å²) in [4.78, 5) is 3.67. The predicted octanol–water partition coefficient (Wildman–Crippen LogP) is 1.32. The molecule has 1 atom stereocenters. The van der Waals surface area contributed by atoms with E-state index in [9.17, 15) is 22.7 Å². The average molecular weight is 322 g/mol. The van der Waals surface area contributed by atoms with E-state index in [0.717, 1.165) is 12.1 Å². The van der Waals surface area contributed by atoms with E-state index in [1.54, 1.807) is 4.90 Å². The molecule has 0 aromatic heterocycles. The number of aliphatic hydroxyl groups is 2. The number of hydrogen-bond acceptors (Lipinski definition) is 4. The fraction of sp³-hybridized carbons (Fsp3) is 0.571. The molecule has 22 heavy (non-hydrogen) atoms. The third-order valence-electron chi connectivity index (χ3n) is 3.67. The molecule has 8 heteroatoms. The van der Waals surface area contributed by atoms with Crippen molar-refractivity contribution in [2.45, 2.75) is 12.3 Å². The lowest BCUT2D eigenvalue weighted by Gasteiger charge is -2.37. The minimum atomic E-state index is -4.72. The van der Waals surface area contributed by atoms with Gasteiger partial charge in [-0.15, -0.1) is 0 Å². The molecular weight excluding hydrogens is 304 g/mol. The molecular formula is C14H18F4N2O2. The number of nitrogens with zero attached hydrogens (tertiary/aromatic N) is 2. The highest BCUT2D eigenvalue weighted by molar-refractivity contribution is 5.50. The molecule has 1 unspecified atom stereocenters. The summed E-state index contributed by atoms with van der Waals surface area (Å²) in [6.07, 6.45) is -5.54. The highest BCUT2D eigenvalue weighted by Gasteiger charge is 2.34. The number of piperazine rings is 1. The molecule has 0 aliphatic carbocycles. The van der Waals surface area contributed by atoms with E-state index in [2.05, 4.69) is 0 Å². The summed E-state index contributed by atoms with van der Waals surface area (Å²) in [7, 11) is 0. The van der Waals surface area contributed by atoms with E-state index in [0.29, 0.717) is 38.4 Å². The number of aliphatic hydroxyl groups excluding tert-OH is 2. The van der Waals surface area contributed by atoms with Crippen LogP contribution in [0, 0.1) is 5.82 Å². The molecule has 0 saturated carbocycles. The topological polar surface area (TPSA) is 46.9 Å². The van der Waals surface area contributed by atoms with Crippen molar-refractivity contribution in [1.29, 1.82) is 0 Å². The largest absolute Gasteiger partial charge is 0.419 e. The van der Waals surface area contributed by atoms with Crippen LogP contribution in [0.4, 0.5) is 23.2 Å². The minimum absolute atomic E-state index is 0.321. The van der Waals surface area contributed by atoms with E-state index in [1.165, 1.54) is 6.07 Å². The number of β-amino-alcohol motifs (C(OH)–C–C–N with tert-alkyl or cyclic N) is 1. The standard InChI is InChI=1S/C14H18F4N2O2/c15-13-2-1-10(7-12(13)14(16,17)18)20-5-3-19(4-6-20)8-11(22)9-21/h1-2,7,11,21-22H,3-6,8-9H2. The van der Waals surface area contributed by atoms with Gasteiger partial charge in [-0.3, -0.25) is 4.90 Å². The van der Waals surface area contributed by atoms with Gasteiger partial charge in [0.2, 0.25) is 0 Å². The van der Waals surface area contributed by atoms with Gasteiger partial charge in [-0.1, -0.05) is 0 Å². The van der Waals surface area contributed by atoms with Crippen molar-refractivity contribution in [3.63, 3.8) is 0 Å². The molecule has 1 aromatic carbocycles. The molecule has 4 nitrogen and oxygen atoms in total. The molecule has 0 amide bonds. The van der Waals surface area contributed by atoms with Gasteiger partial charge in [-0.25, -0.2) is 4.39 Å². The van der Waals surface area contributed by atoms with Crippen LogP contribution < -0.4 is 4.90 Å². The Morgan fingerprint density at radius 3 is 2.32 bits per heavy atom. The van der Waals surface area contributed by atoms with E-state index in [1.807, 2.05) is 4.90 Å². The maximum absolute atomic E-state index is 13.3. The Morgan fingerprint density at radius 1 is 1.14 bits per heavy atom. The second-order valence-corrected chi connectivity index (χ2v) is 5.29. The molecule has 0 radical (unpaired) electrons. The van der Waals surface area contributed by atoms with Crippen molar-refractivity contribution in [2.24, 2.45) is 0 Å². The first-order valence-electron chi connectivity index (χ1n) is 6.94. The van der Waals surface area contributed by atoms with Crippen molar-refractivity contribution in [3.8, 4) is 0 Å². The van der Waals surface area contributed by atoms with Gasteiger partial charge in [-0.05, 0) is 18.2 Å². The fourth-order valence-corrected chi connectivity index (χ4v) is 2.47. The zero-order valence-corrected chi connectivity index (χ0v) is 11.9. The van der Waals surface area contributed by atoms with Crippen molar-refractivity contribution >= 4 is 5.69 Å². The van der Waals surface area contributed by atoms with Crippen LogP contribution in [0.3, 0.4) is 0 Å². The van der Waals surface area contributed by atoms with Gasteiger partial charge in [-0.2, -0.15) is 13.2 Å². The Kier molecular flexibility index (Phi) is 5.25. The number of alkyl halides is 3. The lowest BCUT2D eigenvalue weighted by atomic mass is 10.1. The van der Waals surface area contributed by atoms with Crippen molar-refractivity contribution < 1.29 is 27.8 Å². The van der Waals surface area contributed by atoms with Crippen LogP contribution in [-0.2, 0) is 6.18 Å². The summed E-state index contributed by atoms with van der Waals surface area (Å²) in [5.41, 5.74) is -0.931. The normalized spacial score (nSPS) is 18.5. The molecule has 1 aliphatic rings. The Labute approximate surface area is 125 Å². The molecule has 2 rings (SSSR count). The summed E-state index contributed by atoms with van der Waals surface area (Å²) in [6.45, 7) is 2.04. The van der Waals surface area contributed by atoms with Crippen LogP contribution in [0.15, 0.2) is 18.2 Å². The molecule has 1 heterocycles. The van der Waals surface area contributed by atoms with Crippen LogP contribution >= 0.6 is 0 Å². The SMILES string of the molecule is OCC(O)CN1CCN(c2ccc(F)c(C(F)(F)F)c2)CC1. The quantitative estimate of drug-likeness (QED) is 0.821. The molecule has 1 fully saturated rings. The summed E-state index contributed by atoms with van der Waals surface area (Å²) in [5, 5.41) is 18.2. The second kappa shape index (κ2) is 6.80. The van der Waals surface area contributed by atoms with Gasteiger partial charge in [0, 0.05) is 38.4 Å². The highest BCUT2D eigenvalue weighted by Crippen LogP contribution is 2.34. The summed E-state index contributed by atoms with van der Waals surface area (Å²) in [6, 6.07) is 3.00. The van der Waals surface area contributed by atoms with Crippen LogP contribution in [0.2, 0.25) is 0 Å². The Hall–Kier alpha value is -1.38. The average Bonchev–Trinajstić information content (AvgIpc) is 2.47. The highest BCUT2D eigenvalue weighted by atomic mass is 19.4. The smallest absolute Gasteiger partial charge is 0.394 e. The van der Waals surface area contributed by atoms with E-state index < -0.39 is 23.7 Å². The van der Waals surface area contributed by atoms with Gasteiger partial charge in [0.25, 0.3) is 0 Å². The van der Waals surface area contributed by atoms with E-state index in [-0.39, 0.29) is 6.61 Å². The van der Waals surface area contributed by atoms with Crippen molar-refractivity contribution in [2.75, 3.05) is 44.2 Å². The molecule has 0 bridgehead atoms. The number of anilines is 1. The lowest BCUT2D eigenvalue weighted by molar-refractivity contribution is -0.139. The molecule has 1 aromatic rings. The number of benzene rings is 1. The van der Waals surface area contributed by atoms with Crippen LogP contribution in [0.1, 0.15) is 5.56 Å². The monoisotopic (exact) mass is 322 g/mol. The summed E-state index contributed by atoms with van der Waals surface area (Å²) >= 11 is 0. The van der Waals surface area contributed by atoms with E-state index in [4.69, 9.17) is 5.11 Å². The second-order valence-electron chi connectivity index (χ2n) is 5.29. The first kappa shape index (κ1) is 17.0. The van der Waals surface area contributed by atoms with Crippen LogP contribution in [0.25, 0.3) is 0 Å². The zero-order chi connectivity index (χ0) is 16.3. The van der Waals surface area contributed by atoms with Crippen LogP contribution in [-0.4, -0.2) is 60.5 Å². The van der Waals surface area contributed by atoms with E-state index >= 15 is 0 Å². The maximum atomic E-state index is 13.3. The first-order chi connectivity index (χ1) is 10.3. The zero-order valence-electron chi connectivity index (χ0n) is 11.9. The van der Waals surface area contributed by atoms with Gasteiger partial charge in [0.05, 0.1) is 18.3 Å². The predicted molar refractivity (Wildman–Crippen MR) is 73.1 cm³/mol. The van der Waals surface area contributed by atoms with Crippen LogP contribution in [0.5, 0.6) is 0 Å². The third-order valence-corrected chi connectivity index (χ3v) is 3.67. The first-order valence-corrected chi connectivity index (χ1v) is 6.94. The number of rotatable bonds is 4. The van der Waals surface area contributed by atoms with Gasteiger partial charge in [0.15, 0.2) is 0 Å². The maximum Gasteiger partial charge on any atom is 0.419 e. The molecule has 1 saturated heterocycles.